The van der Waals surface area contributed by atoms with Crippen LogP contribution in [0.4, 0.5) is 0 Å². The number of nitrogens with two attached hydrogens (primary N) is 1. The highest BCUT2D eigenvalue weighted by atomic mass is 32.2. The number of fused-ring (bicyclic) bond motifs is 2. The second-order valence-electron chi connectivity index (χ2n) is 7.54. The van der Waals surface area contributed by atoms with Crippen LogP contribution in [0.3, 0.4) is 0 Å². The third-order valence-electron chi connectivity index (χ3n) is 5.25. The second kappa shape index (κ2) is 8.14. The van der Waals surface area contributed by atoms with E-state index in [9.17, 15) is 13.2 Å². The monoisotopic (exact) mass is 456 g/mol. The van der Waals surface area contributed by atoms with Gasteiger partial charge in [-0.05, 0) is 44.5 Å². The highest BCUT2D eigenvalue weighted by Crippen LogP contribution is 2.32. The fourth-order valence-electron chi connectivity index (χ4n) is 3.80. The molecule has 7 nitrogen and oxygen atoms in total. The molecule has 1 atom stereocenters. The summed E-state index contributed by atoms with van der Waals surface area (Å²) in [5.41, 5.74) is 3.85. The standard InChI is InChI=1S/C22H24N4O3S2/c1-4-11-26-19-10-9-15(31(23,28)29)12-18(19)25-22(26)30-14(3)21(27)20-13(2)24-17-8-6-5-7-16(17)20/h5-10,12,14,24H,4,11H2,1-3H3,(H2,23,28,29). The van der Waals surface area contributed by atoms with Crippen LogP contribution in [-0.2, 0) is 16.6 Å². The summed E-state index contributed by atoms with van der Waals surface area (Å²) < 4.78 is 25.5. The molecule has 2 aromatic carbocycles. The van der Waals surface area contributed by atoms with E-state index >= 15 is 0 Å². The average molecular weight is 457 g/mol. The molecule has 0 amide bonds. The minimum absolute atomic E-state index is 0.0243. The number of rotatable bonds is 7. The molecule has 9 heteroatoms. The number of thioether (sulfide) groups is 1. The first-order valence-electron chi connectivity index (χ1n) is 10.0. The molecule has 4 aromatic rings. The van der Waals surface area contributed by atoms with E-state index in [1.165, 1.54) is 23.9 Å². The maximum Gasteiger partial charge on any atom is 0.238 e. The minimum Gasteiger partial charge on any atom is -0.358 e. The number of imidazole rings is 1. The molecule has 1 unspecified atom stereocenters. The number of ketones is 1. The van der Waals surface area contributed by atoms with Crippen molar-refractivity contribution in [3.8, 4) is 0 Å². The summed E-state index contributed by atoms with van der Waals surface area (Å²) in [5, 5.41) is 6.49. The van der Waals surface area contributed by atoms with Crippen molar-refractivity contribution < 1.29 is 13.2 Å². The largest absolute Gasteiger partial charge is 0.358 e. The van der Waals surface area contributed by atoms with Crippen molar-refractivity contribution >= 4 is 49.5 Å². The number of hydrogen-bond donors (Lipinski definition) is 2. The predicted octanol–water partition coefficient (Wildman–Crippen LogP) is 4.25. The molecule has 0 aliphatic heterocycles. The Hall–Kier alpha value is -2.62. The Morgan fingerprint density at radius 2 is 2.00 bits per heavy atom. The maximum atomic E-state index is 13.3. The molecule has 0 radical (unpaired) electrons. The maximum absolute atomic E-state index is 13.3. The van der Waals surface area contributed by atoms with Crippen molar-refractivity contribution in [1.29, 1.82) is 0 Å². The highest BCUT2D eigenvalue weighted by molar-refractivity contribution is 8.00. The number of benzene rings is 2. The van der Waals surface area contributed by atoms with Crippen LogP contribution in [0, 0.1) is 6.92 Å². The van der Waals surface area contributed by atoms with Gasteiger partial charge in [0, 0.05) is 28.7 Å². The van der Waals surface area contributed by atoms with E-state index in [1.54, 1.807) is 6.07 Å². The molecule has 0 bridgehead atoms. The number of H-pyrrole nitrogens is 1. The van der Waals surface area contributed by atoms with Crippen molar-refractivity contribution in [1.82, 2.24) is 14.5 Å². The van der Waals surface area contributed by atoms with Crippen molar-refractivity contribution in [2.24, 2.45) is 5.14 Å². The normalized spacial score (nSPS) is 13.2. The molecule has 0 aliphatic carbocycles. The smallest absolute Gasteiger partial charge is 0.238 e. The predicted molar refractivity (Wildman–Crippen MR) is 124 cm³/mol. The number of aromatic amines is 1. The van der Waals surface area contributed by atoms with E-state index in [1.807, 2.05) is 42.7 Å². The van der Waals surface area contributed by atoms with Crippen LogP contribution in [0.5, 0.6) is 0 Å². The summed E-state index contributed by atoms with van der Waals surface area (Å²) in [5.74, 6) is 0.0280. The number of nitrogens with one attached hydrogen (secondary N) is 1. The SMILES string of the molecule is CCCn1c(SC(C)C(=O)c2c(C)[nH]c3ccccc23)nc2cc(S(N)(=O)=O)ccc21. The first-order chi connectivity index (χ1) is 14.7. The number of nitrogens with zero attached hydrogens (tertiary/aromatic N) is 2. The number of carbonyl (C=O) groups excluding carboxylic acids is 1. The van der Waals surface area contributed by atoms with Gasteiger partial charge in [0.05, 0.1) is 21.2 Å². The van der Waals surface area contributed by atoms with E-state index < -0.39 is 10.0 Å². The lowest BCUT2D eigenvalue weighted by Gasteiger charge is -2.12. The lowest BCUT2D eigenvalue weighted by Crippen LogP contribution is -2.15. The zero-order valence-electron chi connectivity index (χ0n) is 17.5. The highest BCUT2D eigenvalue weighted by Gasteiger charge is 2.25. The molecule has 2 heterocycles. The van der Waals surface area contributed by atoms with Gasteiger partial charge < -0.3 is 9.55 Å². The Bertz CT molecular complexity index is 1400. The number of aryl methyl sites for hydroxylation is 2. The minimum atomic E-state index is -3.82. The summed E-state index contributed by atoms with van der Waals surface area (Å²) in [6.45, 7) is 6.55. The molecule has 4 rings (SSSR count). The van der Waals surface area contributed by atoms with E-state index in [0.29, 0.717) is 22.8 Å². The first-order valence-corrected chi connectivity index (χ1v) is 12.4. The van der Waals surface area contributed by atoms with Gasteiger partial charge in [-0.3, -0.25) is 4.79 Å². The number of aromatic nitrogens is 3. The van der Waals surface area contributed by atoms with Crippen molar-refractivity contribution in [2.45, 2.75) is 49.0 Å². The topological polar surface area (TPSA) is 111 Å². The van der Waals surface area contributed by atoms with Crippen LogP contribution in [-0.4, -0.2) is 34.0 Å². The lowest BCUT2D eigenvalue weighted by atomic mass is 10.1. The van der Waals surface area contributed by atoms with E-state index in [4.69, 9.17) is 5.14 Å². The Morgan fingerprint density at radius 3 is 2.71 bits per heavy atom. The van der Waals surface area contributed by atoms with Gasteiger partial charge in [-0.2, -0.15) is 0 Å². The van der Waals surface area contributed by atoms with Crippen LogP contribution >= 0.6 is 11.8 Å². The first kappa shape index (κ1) is 21.6. The van der Waals surface area contributed by atoms with Gasteiger partial charge in [0.1, 0.15) is 0 Å². The Kier molecular flexibility index (Phi) is 5.67. The number of sulfonamides is 1. The van der Waals surface area contributed by atoms with Gasteiger partial charge >= 0.3 is 0 Å². The Labute approximate surface area is 185 Å². The zero-order chi connectivity index (χ0) is 22.3. The van der Waals surface area contributed by atoms with Crippen LogP contribution in [0.2, 0.25) is 0 Å². The van der Waals surface area contributed by atoms with Gasteiger partial charge in [0.15, 0.2) is 10.9 Å². The number of para-hydroxylation sites is 1. The molecular formula is C22H24N4O3S2. The number of primary sulfonamides is 1. The molecule has 0 fully saturated rings. The lowest BCUT2D eigenvalue weighted by molar-refractivity contribution is 0.0995. The summed E-state index contributed by atoms with van der Waals surface area (Å²) >= 11 is 1.38. The third kappa shape index (κ3) is 4.00. The van der Waals surface area contributed by atoms with Gasteiger partial charge in [-0.1, -0.05) is 36.9 Å². The van der Waals surface area contributed by atoms with E-state index in [0.717, 1.165) is 28.5 Å². The Balaban J connectivity index is 1.72. The van der Waals surface area contributed by atoms with Gasteiger partial charge in [0.25, 0.3) is 0 Å². The van der Waals surface area contributed by atoms with E-state index in [-0.39, 0.29) is 15.9 Å². The van der Waals surface area contributed by atoms with E-state index in [2.05, 4.69) is 16.9 Å². The van der Waals surface area contributed by atoms with Crippen LogP contribution in [0.15, 0.2) is 52.5 Å². The zero-order valence-corrected chi connectivity index (χ0v) is 19.2. The Morgan fingerprint density at radius 1 is 1.26 bits per heavy atom. The van der Waals surface area contributed by atoms with Gasteiger partial charge in [-0.25, -0.2) is 18.5 Å². The average Bonchev–Trinajstić information content (AvgIpc) is 3.23. The fraction of sp³-hybridized carbons (Fsp3) is 0.273. The van der Waals surface area contributed by atoms with Gasteiger partial charge in [-0.15, -0.1) is 0 Å². The number of carbonyl (C=O) groups is 1. The second-order valence-corrected chi connectivity index (χ2v) is 10.4. The molecule has 0 saturated heterocycles. The van der Waals surface area contributed by atoms with Crippen LogP contribution in [0.1, 0.15) is 36.3 Å². The molecule has 0 aliphatic rings. The van der Waals surface area contributed by atoms with Crippen molar-refractivity contribution in [3.05, 3.63) is 53.7 Å². The molecule has 162 valence electrons. The number of hydrogen-bond acceptors (Lipinski definition) is 5. The van der Waals surface area contributed by atoms with Gasteiger partial charge in [0.2, 0.25) is 10.0 Å². The summed E-state index contributed by atoms with van der Waals surface area (Å²) in [6.07, 6.45) is 0.875. The summed E-state index contributed by atoms with van der Waals surface area (Å²) in [7, 11) is -3.82. The number of Topliss-reactive ketones (excluding diaryl/α,β-unsaturated/α-hetero) is 1. The van der Waals surface area contributed by atoms with Crippen LogP contribution in [0.25, 0.3) is 21.9 Å². The fourth-order valence-corrected chi connectivity index (χ4v) is 5.35. The van der Waals surface area contributed by atoms with Crippen molar-refractivity contribution in [3.63, 3.8) is 0 Å². The molecule has 0 saturated carbocycles. The summed E-state index contributed by atoms with van der Waals surface area (Å²) in [4.78, 5) is 21.3. The molecular weight excluding hydrogens is 432 g/mol. The quantitative estimate of drug-likeness (QED) is 0.319. The molecule has 2 aromatic heterocycles. The molecule has 3 N–H and O–H groups in total. The third-order valence-corrected chi connectivity index (χ3v) is 7.25. The van der Waals surface area contributed by atoms with Crippen LogP contribution < -0.4 is 5.14 Å². The summed E-state index contributed by atoms with van der Waals surface area (Å²) in [6, 6.07) is 12.5. The van der Waals surface area contributed by atoms with Crippen molar-refractivity contribution in [2.75, 3.05) is 0 Å². The molecule has 31 heavy (non-hydrogen) atoms. The molecule has 0 spiro atoms.